The van der Waals surface area contributed by atoms with Crippen LogP contribution >= 0.6 is 0 Å². The average molecular weight is 217 g/mol. The van der Waals surface area contributed by atoms with Crippen molar-refractivity contribution in [1.82, 2.24) is 10.6 Å². The topological polar surface area (TPSA) is 27.3 Å². The van der Waals surface area contributed by atoms with E-state index in [0.717, 1.165) is 26.2 Å². The summed E-state index contributed by atoms with van der Waals surface area (Å²) in [7, 11) is 2.02. The first-order valence-electron chi connectivity index (χ1n) is 6.14. The minimum absolute atomic E-state index is 0.990. The summed E-state index contributed by atoms with van der Waals surface area (Å²) in [5.74, 6) is 0. The van der Waals surface area contributed by atoms with Crippen LogP contribution in [0.1, 0.15) is 16.7 Å². The molecular formula is C13H19N3. The van der Waals surface area contributed by atoms with Crippen molar-refractivity contribution >= 4 is 5.69 Å². The fourth-order valence-electron chi connectivity index (χ4n) is 2.92. The van der Waals surface area contributed by atoms with Gasteiger partial charge in [-0.05, 0) is 30.2 Å². The summed E-state index contributed by atoms with van der Waals surface area (Å²) in [5.41, 5.74) is 6.06. The maximum atomic E-state index is 3.49. The van der Waals surface area contributed by atoms with E-state index >= 15 is 0 Å². The van der Waals surface area contributed by atoms with Crippen LogP contribution in [-0.4, -0.2) is 26.7 Å². The predicted octanol–water partition coefficient (Wildman–Crippen LogP) is 0.872. The Labute approximate surface area is 96.8 Å². The van der Waals surface area contributed by atoms with Crippen molar-refractivity contribution in [2.24, 2.45) is 0 Å². The van der Waals surface area contributed by atoms with Crippen molar-refractivity contribution in [1.29, 1.82) is 0 Å². The van der Waals surface area contributed by atoms with Crippen LogP contribution in [0.3, 0.4) is 0 Å². The fraction of sp³-hybridized carbons (Fsp3) is 0.538. The third-order valence-corrected chi connectivity index (χ3v) is 3.65. The highest BCUT2D eigenvalue weighted by molar-refractivity contribution is 5.66. The van der Waals surface area contributed by atoms with Gasteiger partial charge in [-0.2, -0.15) is 0 Å². The van der Waals surface area contributed by atoms with Gasteiger partial charge in [0, 0.05) is 38.4 Å². The van der Waals surface area contributed by atoms with E-state index < -0.39 is 0 Å². The second-order valence-electron chi connectivity index (χ2n) is 4.66. The van der Waals surface area contributed by atoms with Crippen LogP contribution < -0.4 is 15.5 Å². The van der Waals surface area contributed by atoms with Crippen molar-refractivity contribution in [3.05, 3.63) is 28.8 Å². The van der Waals surface area contributed by atoms with E-state index in [9.17, 15) is 0 Å². The Bertz CT molecular complexity index is 400. The van der Waals surface area contributed by atoms with Crippen molar-refractivity contribution in [3.63, 3.8) is 0 Å². The lowest BCUT2D eigenvalue weighted by atomic mass is 10.0. The normalized spacial score (nSPS) is 18.4. The van der Waals surface area contributed by atoms with Crippen molar-refractivity contribution in [3.8, 4) is 0 Å². The summed E-state index contributed by atoms with van der Waals surface area (Å²) < 4.78 is 0. The van der Waals surface area contributed by atoms with E-state index in [1.807, 2.05) is 7.05 Å². The second kappa shape index (κ2) is 4.07. The second-order valence-corrected chi connectivity index (χ2v) is 4.66. The SMILES string of the molecule is CNCc1ccc2c3c1CCN3CCNC2. The van der Waals surface area contributed by atoms with Gasteiger partial charge in [-0.3, -0.25) is 0 Å². The van der Waals surface area contributed by atoms with Crippen LogP contribution in [0.4, 0.5) is 5.69 Å². The standard InChI is InChI=1S/C13H19N3/c1-14-8-10-2-3-11-9-15-5-7-16-6-4-12(10)13(11)16/h2-3,14-15H,4-9H2,1H3. The van der Waals surface area contributed by atoms with Gasteiger partial charge in [-0.15, -0.1) is 0 Å². The maximum Gasteiger partial charge on any atom is 0.0448 e. The van der Waals surface area contributed by atoms with Gasteiger partial charge in [-0.25, -0.2) is 0 Å². The molecule has 0 bridgehead atoms. The summed E-state index contributed by atoms with van der Waals surface area (Å²) >= 11 is 0. The van der Waals surface area contributed by atoms with Crippen LogP contribution in [0, 0.1) is 0 Å². The van der Waals surface area contributed by atoms with Crippen molar-refractivity contribution < 1.29 is 0 Å². The Kier molecular flexibility index (Phi) is 2.58. The van der Waals surface area contributed by atoms with Crippen LogP contribution in [0.15, 0.2) is 12.1 Å². The molecule has 0 saturated carbocycles. The van der Waals surface area contributed by atoms with Crippen LogP contribution in [0.2, 0.25) is 0 Å². The summed E-state index contributed by atoms with van der Waals surface area (Å²) in [5, 5.41) is 6.75. The minimum atomic E-state index is 0.990. The molecule has 3 heteroatoms. The summed E-state index contributed by atoms with van der Waals surface area (Å²) in [6.45, 7) is 5.48. The first kappa shape index (κ1) is 10.1. The van der Waals surface area contributed by atoms with E-state index in [1.165, 1.54) is 29.8 Å². The lowest BCUT2D eigenvalue weighted by Crippen LogP contribution is -2.27. The zero-order valence-electron chi connectivity index (χ0n) is 9.84. The molecule has 2 aliphatic rings. The highest BCUT2D eigenvalue weighted by Crippen LogP contribution is 2.35. The van der Waals surface area contributed by atoms with Gasteiger partial charge >= 0.3 is 0 Å². The van der Waals surface area contributed by atoms with Gasteiger partial charge in [-0.1, -0.05) is 12.1 Å². The third-order valence-electron chi connectivity index (χ3n) is 3.65. The van der Waals surface area contributed by atoms with E-state index in [2.05, 4.69) is 27.7 Å². The molecule has 86 valence electrons. The molecule has 1 aromatic carbocycles. The number of anilines is 1. The number of hydrogen-bond acceptors (Lipinski definition) is 3. The Morgan fingerprint density at radius 2 is 2.31 bits per heavy atom. The molecule has 0 saturated heterocycles. The molecule has 0 aromatic heterocycles. The predicted molar refractivity (Wildman–Crippen MR) is 66.8 cm³/mol. The monoisotopic (exact) mass is 217 g/mol. The Hall–Kier alpha value is -1.06. The molecule has 0 unspecified atom stereocenters. The molecule has 3 rings (SSSR count). The van der Waals surface area contributed by atoms with Gasteiger partial charge in [0.05, 0.1) is 0 Å². The molecule has 0 fully saturated rings. The van der Waals surface area contributed by atoms with E-state index in [-0.39, 0.29) is 0 Å². The molecule has 0 atom stereocenters. The van der Waals surface area contributed by atoms with Crippen LogP contribution in [-0.2, 0) is 19.5 Å². The molecule has 1 aromatic rings. The zero-order chi connectivity index (χ0) is 11.0. The molecule has 0 amide bonds. The summed E-state index contributed by atoms with van der Waals surface area (Å²) in [6.07, 6.45) is 1.22. The zero-order valence-corrected chi connectivity index (χ0v) is 9.84. The Balaban J connectivity index is 2.08. The molecule has 0 aliphatic carbocycles. The average Bonchev–Trinajstić information content (AvgIpc) is 2.61. The molecule has 0 radical (unpaired) electrons. The number of hydrogen-bond donors (Lipinski definition) is 2. The van der Waals surface area contributed by atoms with Gasteiger partial charge in [0.2, 0.25) is 0 Å². The van der Waals surface area contributed by atoms with E-state index in [0.29, 0.717) is 0 Å². The molecular weight excluding hydrogens is 198 g/mol. The number of nitrogens with one attached hydrogen (secondary N) is 2. The number of rotatable bonds is 2. The molecule has 16 heavy (non-hydrogen) atoms. The van der Waals surface area contributed by atoms with Crippen LogP contribution in [0.25, 0.3) is 0 Å². The Morgan fingerprint density at radius 1 is 1.38 bits per heavy atom. The van der Waals surface area contributed by atoms with E-state index in [1.54, 1.807) is 5.56 Å². The number of benzene rings is 1. The minimum Gasteiger partial charge on any atom is -0.369 e. The Morgan fingerprint density at radius 3 is 3.19 bits per heavy atom. The van der Waals surface area contributed by atoms with Gasteiger partial charge in [0.1, 0.15) is 0 Å². The van der Waals surface area contributed by atoms with Crippen molar-refractivity contribution in [2.75, 3.05) is 31.6 Å². The van der Waals surface area contributed by atoms with E-state index in [4.69, 9.17) is 0 Å². The highest BCUT2D eigenvalue weighted by Gasteiger charge is 2.25. The highest BCUT2D eigenvalue weighted by atomic mass is 15.2. The quantitative estimate of drug-likeness (QED) is 0.770. The summed E-state index contributed by atoms with van der Waals surface area (Å²) in [4.78, 5) is 2.55. The lowest BCUT2D eigenvalue weighted by molar-refractivity contribution is 0.691. The van der Waals surface area contributed by atoms with Gasteiger partial charge in [0.15, 0.2) is 0 Å². The maximum absolute atomic E-state index is 3.49. The molecule has 0 spiro atoms. The molecule has 2 heterocycles. The van der Waals surface area contributed by atoms with Gasteiger partial charge in [0.25, 0.3) is 0 Å². The fourth-order valence-corrected chi connectivity index (χ4v) is 2.92. The molecule has 3 nitrogen and oxygen atoms in total. The summed E-state index contributed by atoms with van der Waals surface area (Å²) in [6, 6.07) is 4.59. The number of nitrogens with zero attached hydrogens (tertiary/aromatic N) is 1. The smallest absolute Gasteiger partial charge is 0.0448 e. The first-order chi connectivity index (χ1) is 7.90. The third kappa shape index (κ3) is 1.51. The van der Waals surface area contributed by atoms with Crippen molar-refractivity contribution in [2.45, 2.75) is 19.5 Å². The van der Waals surface area contributed by atoms with Gasteiger partial charge < -0.3 is 15.5 Å². The largest absolute Gasteiger partial charge is 0.369 e. The molecule has 2 N–H and O–H groups in total. The molecule has 2 aliphatic heterocycles. The van der Waals surface area contributed by atoms with Crippen LogP contribution in [0.5, 0.6) is 0 Å². The lowest BCUT2D eigenvalue weighted by Gasteiger charge is -2.19. The first-order valence-corrected chi connectivity index (χ1v) is 6.14.